The monoisotopic (exact) mass is 220 g/mol. The van der Waals surface area contributed by atoms with Crippen molar-refractivity contribution in [2.24, 2.45) is 5.92 Å². The van der Waals surface area contributed by atoms with Crippen molar-refractivity contribution in [3.05, 3.63) is 29.3 Å². The molecular weight excluding hydrogens is 196 g/mol. The number of nitrogens with zero attached hydrogens (tertiary/aromatic N) is 1. The third kappa shape index (κ3) is 3.86. The molecular formula is C14H24N2. The molecule has 0 radical (unpaired) electrons. The SMILES string of the molecule is Cc1ccc(CNCC(C)C)c(N(C)C)c1. The lowest BCUT2D eigenvalue weighted by molar-refractivity contribution is 0.552. The third-order valence-electron chi connectivity index (χ3n) is 2.59. The fourth-order valence-corrected chi connectivity index (χ4v) is 1.74. The van der Waals surface area contributed by atoms with Gasteiger partial charge < -0.3 is 10.2 Å². The molecule has 0 amide bonds. The zero-order chi connectivity index (χ0) is 12.1. The molecule has 0 fully saturated rings. The number of rotatable bonds is 5. The average Bonchev–Trinajstić information content (AvgIpc) is 2.19. The van der Waals surface area contributed by atoms with Gasteiger partial charge in [-0.3, -0.25) is 0 Å². The Morgan fingerprint density at radius 2 is 1.94 bits per heavy atom. The summed E-state index contributed by atoms with van der Waals surface area (Å²) in [4.78, 5) is 2.18. The maximum atomic E-state index is 3.49. The highest BCUT2D eigenvalue weighted by Gasteiger charge is 2.04. The lowest BCUT2D eigenvalue weighted by Crippen LogP contribution is -2.21. The van der Waals surface area contributed by atoms with Crippen LogP contribution in [0.2, 0.25) is 0 Å². The number of hydrogen-bond donors (Lipinski definition) is 1. The van der Waals surface area contributed by atoms with Crippen LogP contribution >= 0.6 is 0 Å². The molecule has 2 nitrogen and oxygen atoms in total. The van der Waals surface area contributed by atoms with Gasteiger partial charge in [0.25, 0.3) is 0 Å². The minimum Gasteiger partial charge on any atom is -0.377 e. The van der Waals surface area contributed by atoms with E-state index in [0.29, 0.717) is 5.92 Å². The van der Waals surface area contributed by atoms with Crippen LogP contribution < -0.4 is 10.2 Å². The van der Waals surface area contributed by atoms with Crippen LogP contribution in [0, 0.1) is 12.8 Å². The van der Waals surface area contributed by atoms with Crippen LogP contribution in [0.15, 0.2) is 18.2 Å². The van der Waals surface area contributed by atoms with Crippen LogP contribution in [-0.4, -0.2) is 20.6 Å². The van der Waals surface area contributed by atoms with E-state index >= 15 is 0 Å². The number of aryl methyl sites for hydroxylation is 1. The highest BCUT2D eigenvalue weighted by Crippen LogP contribution is 2.20. The quantitative estimate of drug-likeness (QED) is 0.821. The van der Waals surface area contributed by atoms with Gasteiger partial charge >= 0.3 is 0 Å². The van der Waals surface area contributed by atoms with Crippen LogP contribution in [0.25, 0.3) is 0 Å². The molecule has 16 heavy (non-hydrogen) atoms. The fraction of sp³-hybridized carbons (Fsp3) is 0.571. The summed E-state index contributed by atoms with van der Waals surface area (Å²) in [6, 6.07) is 6.64. The van der Waals surface area contributed by atoms with Crippen LogP contribution in [0.1, 0.15) is 25.0 Å². The van der Waals surface area contributed by atoms with Crippen LogP contribution in [0.5, 0.6) is 0 Å². The second-order valence-corrected chi connectivity index (χ2v) is 5.05. The first-order chi connectivity index (χ1) is 7.50. The molecule has 1 aromatic carbocycles. The first kappa shape index (κ1) is 13.0. The third-order valence-corrected chi connectivity index (χ3v) is 2.59. The first-order valence-electron chi connectivity index (χ1n) is 5.98. The molecule has 1 aromatic rings. The number of nitrogens with one attached hydrogen (secondary N) is 1. The number of hydrogen-bond acceptors (Lipinski definition) is 2. The predicted molar refractivity (Wildman–Crippen MR) is 72.1 cm³/mol. The largest absolute Gasteiger partial charge is 0.377 e. The van der Waals surface area contributed by atoms with Gasteiger partial charge in [-0.05, 0) is 36.6 Å². The van der Waals surface area contributed by atoms with Crippen molar-refractivity contribution < 1.29 is 0 Å². The number of anilines is 1. The highest BCUT2D eigenvalue weighted by molar-refractivity contribution is 5.54. The summed E-state index contributed by atoms with van der Waals surface area (Å²) in [5, 5.41) is 3.49. The average molecular weight is 220 g/mol. The van der Waals surface area contributed by atoms with Crippen molar-refractivity contribution in [1.29, 1.82) is 0 Å². The van der Waals surface area contributed by atoms with Gasteiger partial charge in [-0.25, -0.2) is 0 Å². The summed E-state index contributed by atoms with van der Waals surface area (Å²) < 4.78 is 0. The van der Waals surface area contributed by atoms with Gasteiger partial charge in [-0.2, -0.15) is 0 Å². The standard InChI is InChI=1S/C14H24N2/c1-11(2)9-15-10-13-7-6-12(3)8-14(13)16(4)5/h6-8,11,15H,9-10H2,1-5H3. The predicted octanol–water partition coefficient (Wildman–Crippen LogP) is 2.81. The van der Waals surface area contributed by atoms with Gasteiger partial charge in [-0.15, -0.1) is 0 Å². The Kier molecular flexibility index (Phi) is 4.81. The summed E-state index contributed by atoms with van der Waals surface area (Å²) in [5.74, 6) is 0.702. The molecule has 0 heterocycles. The minimum atomic E-state index is 0.702. The van der Waals surface area contributed by atoms with E-state index in [-0.39, 0.29) is 0 Å². The van der Waals surface area contributed by atoms with Crippen molar-refractivity contribution in [2.75, 3.05) is 25.5 Å². The zero-order valence-corrected chi connectivity index (χ0v) is 11.2. The highest BCUT2D eigenvalue weighted by atomic mass is 15.1. The molecule has 0 atom stereocenters. The zero-order valence-electron chi connectivity index (χ0n) is 11.2. The van der Waals surface area contributed by atoms with E-state index in [1.807, 2.05) is 0 Å². The molecule has 0 saturated heterocycles. The second-order valence-electron chi connectivity index (χ2n) is 5.05. The maximum absolute atomic E-state index is 3.49. The van der Waals surface area contributed by atoms with E-state index in [0.717, 1.165) is 13.1 Å². The van der Waals surface area contributed by atoms with Gasteiger partial charge in [0.1, 0.15) is 0 Å². The molecule has 0 aliphatic heterocycles. The minimum absolute atomic E-state index is 0.702. The lowest BCUT2D eigenvalue weighted by Gasteiger charge is -2.19. The van der Waals surface area contributed by atoms with Gasteiger partial charge in [-0.1, -0.05) is 26.0 Å². The van der Waals surface area contributed by atoms with Crippen molar-refractivity contribution in [3.63, 3.8) is 0 Å². The molecule has 0 spiro atoms. The van der Waals surface area contributed by atoms with Crippen molar-refractivity contribution in [1.82, 2.24) is 5.32 Å². The summed E-state index contributed by atoms with van der Waals surface area (Å²) in [6.07, 6.45) is 0. The van der Waals surface area contributed by atoms with Gasteiger partial charge in [0.15, 0.2) is 0 Å². The molecule has 0 aliphatic carbocycles. The van der Waals surface area contributed by atoms with Crippen molar-refractivity contribution >= 4 is 5.69 Å². The van der Waals surface area contributed by atoms with E-state index in [2.05, 4.69) is 63.3 Å². The Morgan fingerprint density at radius 1 is 1.25 bits per heavy atom. The topological polar surface area (TPSA) is 15.3 Å². The first-order valence-corrected chi connectivity index (χ1v) is 5.98. The van der Waals surface area contributed by atoms with Gasteiger partial charge in [0, 0.05) is 26.3 Å². The Morgan fingerprint density at radius 3 is 2.50 bits per heavy atom. The van der Waals surface area contributed by atoms with Crippen LogP contribution in [0.3, 0.4) is 0 Å². The van der Waals surface area contributed by atoms with Crippen molar-refractivity contribution in [3.8, 4) is 0 Å². The molecule has 0 aliphatic rings. The molecule has 0 bridgehead atoms. The Labute approximate surface area is 99.7 Å². The van der Waals surface area contributed by atoms with Crippen LogP contribution in [0.4, 0.5) is 5.69 Å². The molecule has 0 unspecified atom stereocenters. The van der Waals surface area contributed by atoms with E-state index in [4.69, 9.17) is 0 Å². The van der Waals surface area contributed by atoms with Gasteiger partial charge in [0.05, 0.1) is 0 Å². The summed E-state index contributed by atoms with van der Waals surface area (Å²) in [5.41, 5.74) is 4.00. The van der Waals surface area contributed by atoms with E-state index in [9.17, 15) is 0 Å². The smallest absolute Gasteiger partial charge is 0.0409 e. The van der Waals surface area contributed by atoms with E-state index in [1.165, 1.54) is 16.8 Å². The Bertz CT molecular complexity index is 330. The lowest BCUT2D eigenvalue weighted by atomic mass is 10.1. The second kappa shape index (κ2) is 5.90. The molecule has 2 heteroatoms. The molecule has 90 valence electrons. The number of benzene rings is 1. The summed E-state index contributed by atoms with van der Waals surface area (Å²) in [7, 11) is 4.20. The molecule has 1 rings (SSSR count). The molecule has 0 aromatic heterocycles. The van der Waals surface area contributed by atoms with Crippen molar-refractivity contribution in [2.45, 2.75) is 27.3 Å². The summed E-state index contributed by atoms with van der Waals surface area (Å²) in [6.45, 7) is 8.62. The fourth-order valence-electron chi connectivity index (χ4n) is 1.74. The maximum Gasteiger partial charge on any atom is 0.0409 e. The van der Waals surface area contributed by atoms with E-state index < -0.39 is 0 Å². The van der Waals surface area contributed by atoms with Gasteiger partial charge in [0.2, 0.25) is 0 Å². The van der Waals surface area contributed by atoms with E-state index in [1.54, 1.807) is 0 Å². The van der Waals surface area contributed by atoms with Crippen LogP contribution in [-0.2, 0) is 6.54 Å². The molecule has 1 N–H and O–H groups in total. The normalized spacial score (nSPS) is 10.9. The Hall–Kier alpha value is -1.02. The molecule has 0 saturated carbocycles. The summed E-state index contributed by atoms with van der Waals surface area (Å²) >= 11 is 0. The Balaban J connectivity index is 2.71.